The molecule has 2 rings (SSSR count). The molecule has 2 heterocycles. The van der Waals surface area contributed by atoms with Crippen LogP contribution in [0.15, 0.2) is 29.1 Å². The first kappa shape index (κ1) is 11.4. The van der Waals surface area contributed by atoms with Crippen molar-refractivity contribution in [1.29, 1.82) is 0 Å². The molecule has 0 fully saturated rings. The van der Waals surface area contributed by atoms with Crippen LogP contribution < -0.4 is 5.32 Å². The van der Waals surface area contributed by atoms with Crippen LogP contribution in [0.4, 0.5) is 0 Å². The largest absolute Gasteiger partial charge is 0.316 e. The number of nitrogens with zero attached hydrogens (tertiary/aromatic N) is 2. The Balaban J connectivity index is 1.59. The molecule has 86 valence electrons. The summed E-state index contributed by atoms with van der Waals surface area (Å²) in [7, 11) is 1.95. The minimum Gasteiger partial charge on any atom is -0.316 e. The lowest BCUT2D eigenvalue weighted by atomic mass is 10.2. The topological polar surface area (TPSA) is 29.9 Å². The van der Waals surface area contributed by atoms with E-state index in [9.17, 15) is 0 Å². The van der Waals surface area contributed by atoms with Crippen LogP contribution in [0.1, 0.15) is 11.3 Å². The Kier molecular flexibility index (Phi) is 4.13. The highest BCUT2D eigenvalue weighted by Gasteiger charge is 1.96. The smallest absolute Gasteiger partial charge is 0.0637 e. The molecular formula is C12H17N3S. The zero-order valence-corrected chi connectivity index (χ0v) is 10.3. The molecule has 0 aromatic carbocycles. The van der Waals surface area contributed by atoms with Gasteiger partial charge in [-0.25, -0.2) is 0 Å². The molecule has 0 saturated heterocycles. The second kappa shape index (κ2) is 5.82. The highest BCUT2D eigenvalue weighted by molar-refractivity contribution is 7.07. The lowest BCUT2D eigenvalue weighted by molar-refractivity contribution is 0.663. The third-order valence-electron chi connectivity index (χ3n) is 2.50. The van der Waals surface area contributed by atoms with Gasteiger partial charge < -0.3 is 5.32 Å². The summed E-state index contributed by atoms with van der Waals surface area (Å²) in [6, 6.07) is 4.26. The summed E-state index contributed by atoms with van der Waals surface area (Å²) >= 11 is 1.76. The van der Waals surface area contributed by atoms with Gasteiger partial charge in [-0.2, -0.15) is 16.4 Å². The van der Waals surface area contributed by atoms with E-state index in [1.165, 1.54) is 5.56 Å². The van der Waals surface area contributed by atoms with E-state index in [1.54, 1.807) is 11.3 Å². The van der Waals surface area contributed by atoms with Crippen molar-refractivity contribution in [2.24, 2.45) is 7.05 Å². The first-order valence-corrected chi connectivity index (χ1v) is 6.49. The molecule has 0 bridgehead atoms. The zero-order chi connectivity index (χ0) is 11.2. The van der Waals surface area contributed by atoms with E-state index in [0.717, 1.165) is 31.6 Å². The van der Waals surface area contributed by atoms with E-state index < -0.39 is 0 Å². The summed E-state index contributed by atoms with van der Waals surface area (Å²) < 4.78 is 1.85. The Morgan fingerprint density at radius 1 is 1.31 bits per heavy atom. The summed E-state index contributed by atoms with van der Waals surface area (Å²) in [5.74, 6) is 0. The normalized spacial score (nSPS) is 10.8. The number of thiophene rings is 1. The van der Waals surface area contributed by atoms with Crippen LogP contribution in [0.3, 0.4) is 0 Å². The third kappa shape index (κ3) is 3.47. The van der Waals surface area contributed by atoms with Gasteiger partial charge >= 0.3 is 0 Å². The van der Waals surface area contributed by atoms with Gasteiger partial charge in [0.1, 0.15) is 0 Å². The lowest BCUT2D eigenvalue weighted by Crippen LogP contribution is -2.20. The summed E-state index contributed by atoms with van der Waals surface area (Å²) in [6.45, 7) is 2.05. The molecule has 2 aromatic heterocycles. The van der Waals surface area contributed by atoms with Crippen molar-refractivity contribution in [3.8, 4) is 0 Å². The summed E-state index contributed by atoms with van der Waals surface area (Å²) in [5.41, 5.74) is 2.58. The van der Waals surface area contributed by atoms with Gasteiger partial charge in [0.25, 0.3) is 0 Å². The van der Waals surface area contributed by atoms with Gasteiger partial charge in [0.15, 0.2) is 0 Å². The number of aromatic nitrogens is 2. The average molecular weight is 235 g/mol. The molecule has 0 amide bonds. The fourth-order valence-electron chi connectivity index (χ4n) is 1.61. The number of aryl methyl sites for hydroxylation is 1. The van der Waals surface area contributed by atoms with Gasteiger partial charge in [-0.1, -0.05) is 0 Å². The van der Waals surface area contributed by atoms with Gasteiger partial charge in [0, 0.05) is 26.2 Å². The Morgan fingerprint density at radius 2 is 2.19 bits per heavy atom. The molecule has 0 aliphatic rings. The number of nitrogens with one attached hydrogen (secondary N) is 1. The van der Waals surface area contributed by atoms with Crippen LogP contribution >= 0.6 is 11.3 Å². The Labute approximate surface area is 100 Å². The van der Waals surface area contributed by atoms with Gasteiger partial charge in [-0.05, 0) is 41.4 Å². The highest BCUT2D eigenvalue weighted by atomic mass is 32.1. The second-order valence-corrected chi connectivity index (χ2v) is 4.64. The number of hydrogen-bond donors (Lipinski definition) is 1. The third-order valence-corrected chi connectivity index (χ3v) is 3.23. The molecule has 4 heteroatoms. The fraction of sp³-hybridized carbons (Fsp3) is 0.417. The highest BCUT2D eigenvalue weighted by Crippen LogP contribution is 2.05. The fourth-order valence-corrected chi connectivity index (χ4v) is 2.31. The Hall–Kier alpha value is -1.13. The van der Waals surface area contributed by atoms with E-state index in [1.807, 2.05) is 17.9 Å². The van der Waals surface area contributed by atoms with Crippen molar-refractivity contribution in [2.75, 3.05) is 13.1 Å². The summed E-state index contributed by atoms with van der Waals surface area (Å²) in [6.07, 6.45) is 4.11. The molecule has 0 unspecified atom stereocenters. The van der Waals surface area contributed by atoms with Crippen molar-refractivity contribution >= 4 is 11.3 Å². The predicted molar refractivity (Wildman–Crippen MR) is 67.8 cm³/mol. The maximum absolute atomic E-state index is 4.34. The van der Waals surface area contributed by atoms with Crippen LogP contribution in [-0.2, 0) is 19.9 Å². The molecule has 3 nitrogen and oxygen atoms in total. The molecule has 1 N–H and O–H groups in total. The molecule has 0 aliphatic heterocycles. The zero-order valence-electron chi connectivity index (χ0n) is 9.52. The maximum atomic E-state index is 4.34. The van der Waals surface area contributed by atoms with Crippen molar-refractivity contribution in [3.05, 3.63) is 40.3 Å². The molecule has 0 radical (unpaired) electrons. The van der Waals surface area contributed by atoms with Crippen molar-refractivity contribution in [1.82, 2.24) is 15.1 Å². The summed E-state index contributed by atoms with van der Waals surface area (Å²) in [4.78, 5) is 0. The SMILES string of the molecule is Cn1ccc(CCNCCc2ccsc2)n1. The summed E-state index contributed by atoms with van der Waals surface area (Å²) in [5, 5.41) is 12.1. The molecule has 0 atom stereocenters. The van der Waals surface area contributed by atoms with Gasteiger partial charge in [0.2, 0.25) is 0 Å². The van der Waals surface area contributed by atoms with Gasteiger partial charge in [-0.15, -0.1) is 0 Å². The van der Waals surface area contributed by atoms with E-state index in [-0.39, 0.29) is 0 Å². The van der Waals surface area contributed by atoms with Crippen LogP contribution in [0.2, 0.25) is 0 Å². The molecule has 0 spiro atoms. The van der Waals surface area contributed by atoms with Crippen molar-refractivity contribution in [2.45, 2.75) is 12.8 Å². The van der Waals surface area contributed by atoms with Crippen LogP contribution in [-0.4, -0.2) is 22.9 Å². The van der Waals surface area contributed by atoms with Crippen molar-refractivity contribution < 1.29 is 0 Å². The standard InChI is InChI=1S/C12H17N3S/c1-15-8-4-12(14-15)3-7-13-6-2-11-5-9-16-10-11/h4-5,8-10,13H,2-3,6-7H2,1H3. The molecule has 0 saturated carbocycles. The quantitative estimate of drug-likeness (QED) is 0.775. The number of rotatable bonds is 6. The minimum absolute atomic E-state index is 1.00. The predicted octanol–water partition coefficient (Wildman–Crippen LogP) is 1.86. The van der Waals surface area contributed by atoms with E-state index in [4.69, 9.17) is 0 Å². The minimum atomic E-state index is 1.00. The molecule has 0 aliphatic carbocycles. The Bertz CT molecular complexity index is 406. The monoisotopic (exact) mass is 235 g/mol. The van der Waals surface area contributed by atoms with E-state index in [0.29, 0.717) is 0 Å². The van der Waals surface area contributed by atoms with E-state index in [2.05, 4.69) is 33.3 Å². The molecule has 2 aromatic rings. The van der Waals surface area contributed by atoms with E-state index >= 15 is 0 Å². The van der Waals surface area contributed by atoms with Crippen LogP contribution in [0.25, 0.3) is 0 Å². The maximum Gasteiger partial charge on any atom is 0.0637 e. The first-order chi connectivity index (χ1) is 7.84. The second-order valence-electron chi connectivity index (χ2n) is 3.86. The van der Waals surface area contributed by atoms with Crippen LogP contribution in [0.5, 0.6) is 0 Å². The Morgan fingerprint density at radius 3 is 2.88 bits per heavy atom. The first-order valence-electron chi connectivity index (χ1n) is 5.55. The molecule has 16 heavy (non-hydrogen) atoms. The lowest BCUT2D eigenvalue weighted by Gasteiger charge is -2.01. The van der Waals surface area contributed by atoms with Gasteiger partial charge in [0.05, 0.1) is 5.69 Å². The number of hydrogen-bond acceptors (Lipinski definition) is 3. The average Bonchev–Trinajstić information content (AvgIpc) is 2.89. The molecular weight excluding hydrogens is 218 g/mol. The van der Waals surface area contributed by atoms with Crippen LogP contribution in [0, 0.1) is 0 Å². The van der Waals surface area contributed by atoms with Gasteiger partial charge in [-0.3, -0.25) is 4.68 Å². The van der Waals surface area contributed by atoms with Crippen molar-refractivity contribution in [3.63, 3.8) is 0 Å².